The second-order valence-electron chi connectivity index (χ2n) is 4.59. The Morgan fingerprint density at radius 2 is 2.22 bits per heavy atom. The van der Waals surface area contributed by atoms with Crippen molar-refractivity contribution in [2.45, 2.75) is 31.3 Å². The Balaban J connectivity index is 2.44. The fourth-order valence-corrected chi connectivity index (χ4v) is 2.87. The van der Waals surface area contributed by atoms with E-state index >= 15 is 0 Å². The lowest BCUT2D eigenvalue weighted by Gasteiger charge is -2.38. The summed E-state index contributed by atoms with van der Waals surface area (Å²) < 4.78 is 19.4. The number of methoxy groups -OCH3 is 1. The van der Waals surface area contributed by atoms with Crippen molar-refractivity contribution in [3.05, 3.63) is 33.5 Å². The predicted molar refractivity (Wildman–Crippen MR) is 68.0 cm³/mol. The number of hydrogen-bond donors (Lipinski definition) is 1. The molecule has 0 unspecified atom stereocenters. The number of hydrogen-bond acceptors (Lipinski definition) is 2. The van der Waals surface area contributed by atoms with Gasteiger partial charge in [-0.3, -0.25) is 4.79 Å². The first kappa shape index (κ1) is 13.5. The molecule has 1 aromatic rings. The van der Waals surface area contributed by atoms with E-state index in [1.165, 1.54) is 13.2 Å². The number of aliphatic carboxylic acids is 1. The number of ether oxygens (including phenoxy) is 1. The van der Waals surface area contributed by atoms with Gasteiger partial charge in [0.05, 0.1) is 12.0 Å². The molecular formula is C13H14BrFO3. The molecule has 1 fully saturated rings. The highest BCUT2D eigenvalue weighted by atomic mass is 79.9. The maximum Gasteiger partial charge on any atom is 0.314 e. The van der Waals surface area contributed by atoms with Gasteiger partial charge < -0.3 is 9.84 Å². The smallest absolute Gasteiger partial charge is 0.314 e. The van der Waals surface area contributed by atoms with E-state index in [0.717, 1.165) is 6.42 Å². The fourth-order valence-electron chi connectivity index (χ4n) is 2.32. The molecular weight excluding hydrogens is 303 g/mol. The Morgan fingerprint density at radius 3 is 2.61 bits per heavy atom. The average molecular weight is 317 g/mol. The summed E-state index contributed by atoms with van der Waals surface area (Å²) in [5.74, 6) is -1.30. The lowest BCUT2D eigenvalue weighted by Crippen LogP contribution is -2.42. The first-order valence-corrected chi connectivity index (χ1v) is 6.51. The zero-order valence-electron chi connectivity index (χ0n) is 10.0. The van der Waals surface area contributed by atoms with E-state index in [1.807, 2.05) is 0 Å². The summed E-state index contributed by atoms with van der Waals surface area (Å²) in [4.78, 5) is 11.4. The molecule has 5 heteroatoms. The molecule has 2 rings (SSSR count). The van der Waals surface area contributed by atoms with Gasteiger partial charge in [0.1, 0.15) is 5.82 Å². The van der Waals surface area contributed by atoms with E-state index in [9.17, 15) is 14.3 Å². The molecule has 0 amide bonds. The molecule has 1 aliphatic carbocycles. The summed E-state index contributed by atoms with van der Waals surface area (Å²) in [6, 6.07) is 3.02. The second-order valence-corrected chi connectivity index (χ2v) is 5.45. The van der Waals surface area contributed by atoms with Crippen molar-refractivity contribution in [1.82, 2.24) is 0 Å². The number of carbonyl (C=O) groups is 1. The van der Waals surface area contributed by atoms with E-state index in [0.29, 0.717) is 28.4 Å². The Morgan fingerprint density at radius 1 is 1.56 bits per heavy atom. The van der Waals surface area contributed by atoms with Crippen LogP contribution < -0.4 is 0 Å². The van der Waals surface area contributed by atoms with Gasteiger partial charge in [-0.2, -0.15) is 0 Å². The van der Waals surface area contributed by atoms with Gasteiger partial charge in [-0.1, -0.05) is 22.4 Å². The quantitative estimate of drug-likeness (QED) is 0.927. The molecule has 1 aliphatic rings. The third-order valence-corrected chi connectivity index (χ3v) is 4.31. The van der Waals surface area contributed by atoms with Gasteiger partial charge in [0.25, 0.3) is 0 Å². The van der Waals surface area contributed by atoms with Gasteiger partial charge in [0, 0.05) is 17.1 Å². The van der Waals surface area contributed by atoms with Crippen molar-refractivity contribution in [3.63, 3.8) is 0 Å². The van der Waals surface area contributed by atoms with E-state index in [4.69, 9.17) is 4.74 Å². The van der Waals surface area contributed by atoms with Crippen LogP contribution in [0.15, 0.2) is 16.6 Å². The number of benzene rings is 1. The number of halogens is 2. The van der Waals surface area contributed by atoms with Crippen LogP contribution in [0.1, 0.15) is 30.4 Å². The van der Waals surface area contributed by atoms with E-state index in [2.05, 4.69) is 15.9 Å². The zero-order chi connectivity index (χ0) is 13.3. The monoisotopic (exact) mass is 316 g/mol. The maximum atomic E-state index is 13.9. The van der Waals surface area contributed by atoms with Gasteiger partial charge in [-0.25, -0.2) is 4.39 Å². The third-order valence-electron chi connectivity index (χ3n) is 3.60. The Hall–Kier alpha value is -0.940. The Labute approximate surface area is 113 Å². The highest BCUT2D eigenvalue weighted by Gasteiger charge is 2.46. The lowest BCUT2D eigenvalue weighted by molar-refractivity contribution is -0.147. The van der Waals surface area contributed by atoms with Gasteiger partial charge in [0.15, 0.2) is 0 Å². The molecule has 0 saturated heterocycles. The molecule has 1 aromatic carbocycles. The number of carboxylic acids is 1. The number of rotatable bonds is 4. The Kier molecular flexibility index (Phi) is 3.73. The topological polar surface area (TPSA) is 46.5 Å². The van der Waals surface area contributed by atoms with Gasteiger partial charge >= 0.3 is 5.97 Å². The van der Waals surface area contributed by atoms with Crippen LogP contribution in [0, 0.1) is 5.82 Å². The minimum atomic E-state index is -0.908. The summed E-state index contributed by atoms with van der Waals surface area (Å²) in [5, 5.41) is 9.33. The molecule has 18 heavy (non-hydrogen) atoms. The summed E-state index contributed by atoms with van der Waals surface area (Å²) in [6.07, 6.45) is 2.00. The SMILES string of the molecule is COCc1c(F)cc(C2(C(=O)O)CCC2)cc1Br. The van der Waals surface area contributed by atoms with Gasteiger partial charge in [-0.05, 0) is 30.5 Å². The van der Waals surface area contributed by atoms with Crippen LogP contribution >= 0.6 is 15.9 Å². The maximum absolute atomic E-state index is 13.9. The molecule has 0 aromatic heterocycles. The van der Waals surface area contributed by atoms with Gasteiger partial charge in [0.2, 0.25) is 0 Å². The minimum Gasteiger partial charge on any atom is -0.481 e. The fraction of sp³-hybridized carbons (Fsp3) is 0.462. The van der Waals surface area contributed by atoms with Crippen LogP contribution in [0.25, 0.3) is 0 Å². The normalized spacial score (nSPS) is 17.3. The zero-order valence-corrected chi connectivity index (χ0v) is 11.6. The molecule has 0 heterocycles. The van der Waals surface area contributed by atoms with Crippen molar-refractivity contribution in [3.8, 4) is 0 Å². The molecule has 1 saturated carbocycles. The molecule has 1 N–H and O–H groups in total. The summed E-state index contributed by atoms with van der Waals surface area (Å²) in [5.41, 5.74) is 0.0428. The molecule has 0 atom stereocenters. The highest BCUT2D eigenvalue weighted by molar-refractivity contribution is 9.10. The number of carboxylic acid groups (broad SMARTS) is 1. The summed E-state index contributed by atoms with van der Waals surface area (Å²) in [7, 11) is 1.49. The van der Waals surface area contributed by atoms with Crippen LogP contribution in [-0.4, -0.2) is 18.2 Å². The van der Waals surface area contributed by atoms with Crippen molar-refractivity contribution in [1.29, 1.82) is 0 Å². The second kappa shape index (κ2) is 4.97. The average Bonchev–Trinajstić information content (AvgIpc) is 2.21. The van der Waals surface area contributed by atoms with Crippen LogP contribution in [0.4, 0.5) is 4.39 Å². The molecule has 0 spiro atoms. The first-order chi connectivity index (χ1) is 8.51. The molecule has 3 nitrogen and oxygen atoms in total. The lowest BCUT2D eigenvalue weighted by atomic mass is 9.64. The largest absolute Gasteiger partial charge is 0.481 e. The molecule has 0 aliphatic heterocycles. The van der Waals surface area contributed by atoms with Crippen LogP contribution in [-0.2, 0) is 21.6 Å². The van der Waals surface area contributed by atoms with E-state index < -0.39 is 17.2 Å². The minimum absolute atomic E-state index is 0.159. The van der Waals surface area contributed by atoms with Crippen LogP contribution in [0.5, 0.6) is 0 Å². The van der Waals surface area contributed by atoms with Crippen molar-refractivity contribution in [2.75, 3.05) is 7.11 Å². The Bertz CT molecular complexity index is 460. The van der Waals surface area contributed by atoms with Crippen LogP contribution in [0.2, 0.25) is 0 Å². The van der Waals surface area contributed by atoms with Crippen molar-refractivity contribution >= 4 is 21.9 Å². The van der Waals surface area contributed by atoms with Crippen LogP contribution in [0.3, 0.4) is 0 Å². The molecule has 0 radical (unpaired) electrons. The summed E-state index contributed by atoms with van der Waals surface area (Å²) >= 11 is 3.28. The summed E-state index contributed by atoms with van der Waals surface area (Å²) in [6.45, 7) is 0.159. The van der Waals surface area contributed by atoms with Gasteiger partial charge in [-0.15, -0.1) is 0 Å². The first-order valence-electron chi connectivity index (χ1n) is 5.72. The van der Waals surface area contributed by atoms with Crippen molar-refractivity contribution in [2.24, 2.45) is 0 Å². The standard InChI is InChI=1S/C13H14BrFO3/c1-18-7-9-10(14)5-8(6-11(9)15)13(12(16)17)3-2-4-13/h5-6H,2-4,7H2,1H3,(H,16,17). The molecule has 0 bridgehead atoms. The van der Waals surface area contributed by atoms with E-state index in [-0.39, 0.29) is 6.61 Å². The molecule has 98 valence electrons. The van der Waals surface area contributed by atoms with E-state index in [1.54, 1.807) is 6.07 Å². The third kappa shape index (κ3) is 2.06. The predicted octanol–water partition coefficient (Wildman–Crippen LogP) is 3.24. The highest BCUT2D eigenvalue weighted by Crippen LogP contribution is 2.45. The van der Waals surface area contributed by atoms with Crippen molar-refractivity contribution < 1.29 is 19.0 Å².